The number of hydrogen-bond acceptors (Lipinski definition) is 4. The lowest BCUT2D eigenvalue weighted by Gasteiger charge is -2.22. The van der Waals surface area contributed by atoms with Crippen molar-refractivity contribution in [3.63, 3.8) is 0 Å². The second-order valence-corrected chi connectivity index (χ2v) is 6.48. The molecule has 0 aliphatic carbocycles. The highest BCUT2D eigenvalue weighted by atomic mass is 19.1. The molecule has 4 rings (SSSR count). The lowest BCUT2D eigenvalue weighted by Crippen LogP contribution is -2.35. The third-order valence-corrected chi connectivity index (χ3v) is 4.53. The maximum Gasteiger partial charge on any atom is 0.270 e. The monoisotopic (exact) mass is 388 g/mol. The fourth-order valence-corrected chi connectivity index (χ4v) is 3.06. The summed E-state index contributed by atoms with van der Waals surface area (Å²) in [6.45, 7) is 0.129. The highest BCUT2D eigenvalue weighted by Gasteiger charge is 2.22. The van der Waals surface area contributed by atoms with Gasteiger partial charge in [0.05, 0.1) is 12.2 Å². The van der Waals surface area contributed by atoms with Crippen LogP contribution in [0.2, 0.25) is 0 Å². The predicted octanol–water partition coefficient (Wildman–Crippen LogP) is 3.07. The molecular formula is C22H17FN4O2. The first-order valence-corrected chi connectivity index (χ1v) is 9.02. The molecule has 0 atom stereocenters. The summed E-state index contributed by atoms with van der Waals surface area (Å²) in [5.74, 6) is -0.950. The minimum Gasteiger partial charge on any atom is -0.328 e. The van der Waals surface area contributed by atoms with Crippen LogP contribution >= 0.6 is 0 Å². The van der Waals surface area contributed by atoms with Gasteiger partial charge in [0, 0.05) is 30.7 Å². The Hall–Kier alpha value is -3.87. The van der Waals surface area contributed by atoms with Crippen LogP contribution in [0.3, 0.4) is 0 Å². The number of carbonyl (C=O) groups excluding carboxylic acids is 1. The zero-order valence-corrected chi connectivity index (χ0v) is 15.4. The molecule has 4 aromatic rings. The van der Waals surface area contributed by atoms with Crippen LogP contribution in [0.4, 0.5) is 4.39 Å². The fourth-order valence-electron chi connectivity index (χ4n) is 3.06. The molecule has 0 aliphatic heterocycles. The van der Waals surface area contributed by atoms with Crippen molar-refractivity contribution in [1.82, 2.24) is 19.3 Å². The van der Waals surface area contributed by atoms with Crippen molar-refractivity contribution in [3.8, 4) is 0 Å². The summed E-state index contributed by atoms with van der Waals surface area (Å²) in [6.07, 6.45) is 4.45. The summed E-state index contributed by atoms with van der Waals surface area (Å²) >= 11 is 0. The van der Waals surface area contributed by atoms with E-state index in [1.54, 1.807) is 67.0 Å². The molecule has 0 spiro atoms. The van der Waals surface area contributed by atoms with Gasteiger partial charge in [-0.05, 0) is 30.3 Å². The van der Waals surface area contributed by atoms with Gasteiger partial charge < -0.3 is 4.90 Å². The summed E-state index contributed by atoms with van der Waals surface area (Å²) in [4.78, 5) is 35.9. The predicted molar refractivity (Wildman–Crippen MR) is 106 cm³/mol. The van der Waals surface area contributed by atoms with E-state index in [4.69, 9.17) is 0 Å². The van der Waals surface area contributed by atoms with Crippen molar-refractivity contribution in [2.75, 3.05) is 0 Å². The quantitative estimate of drug-likeness (QED) is 0.527. The second kappa shape index (κ2) is 8.02. The standard InChI is InChI=1S/C22H17FN4O2/c23-19-9-2-1-7-16(19)14-26(15-17-8-3-5-11-24-17)21(28)18-13-25-20-10-4-6-12-27(20)22(18)29/h1-13H,14-15H2. The molecule has 0 unspecified atom stereocenters. The fraction of sp³-hybridized carbons (Fsp3) is 0.0909. The van der Waals surface area contributed by atoms with E-state index in [0.717, 1.165) is 0 Å². The molecule has 3 aromatic heterocycles. The Kier molecular flexibility index (Phi) is 5.11. The minimum atomic E-state index is -0.533. The summed E-state index contributed by atoms with van der Waals surface area (Å²) in [6, 6.07) is 16.7. The molecular weight excluding hydrogens is 371 g/mol. The van der Waals surface area contributed by atoms with E-state index in [-0.39, 0.29) is 18.7 Å². The van der Waals surface area contributed by atoms with E-state index in [9.17, 15) is 14.0 Å². The van der Waals surface area contributed by atoms with Gasteiger partial charge >= 0.3 is 0 Å². The van der Waals surface area contributed by atoms with Crippen LogP contribution in [0, 0.1) is 5.82 Å². The lowest BCUT2D eigenvalue weighted by molar-refractivity contribution is 0.0723. The highest BCUT2D eigenvalue weighted by Crippen LogP contribution is 2.14. The molecule has 0 saturated heterocycles. The van der Waals surface area contributed by atoms with E-state index in [1.807, 2.05) is 0 Å². The van der Waals surface area contributed by atoms with E-state index in [0.29, 0.717) is 16.9 Å². The average molecular weight is 388 g/mol. The zero-order valence-electron chi connectivity index (χ0n) is 15.4. The average Bonchev–Trinajstić information content (AvgIpc) is 2.75. The van der Waals surface area contributed by atoms with Crippen molar-refractivity contribution in [1.29, 1.82) is 0 Å². The maximum absolute atomic E-state index is 14.2. The number of benzene rings is 1. The molecule has 1 aromatic carbocycles. The van der Waals surface area contributed by atoms with Crippen molar-refractivity contribution in [3.05, 3.63) is 112 Å². The van der Waals surface area contributed by atoms with Gasteiger partial charge in [0.2, 0.25) is 0 Å². The van der Waals surface area contributed by atoms with E-state index in [1.165, 1.54) is 21.6 Å². The molecule has 1 amide bonds. The Morgan fingerprint density at radius 2 is 1.76 bits per heavy atom. The first kappa shape index (κ1) is 18.5. The van der Waals surface area contributed by atoms with Crippen LogP contribution in [-0.2, 0) is 13.1 Å². The number of carbonyl (C=O) groups is 1. The van der Waals surface area contributed by atoms with Crippen LogP contribution in [0.1, 0.15) is 21.6 Å². The minimum absolute atomic E-state index is 0.000978. The van der Waals surface area contributed by atoms with Gasteiger partial charge in [-0.15, -0.1) is 0 Å². The van der Waals surface area contributed by atoms with Crippen LogP contribution in [-0.4, -0.2) is 25.2 Å². The summed E-state index contributed by atoms with van der Waals surface area (Å²) < 4.78 is 15.5. The number of nitrogens with zero attached hydrogens (tertiary/aromatic N) is 4. The molecule has 144 valence electrons. The van der Waals surface area contributed by atoms with Gasteiger partial charge in [0.15, 0.2) is 0 Å². The molecule has 0 N–H and O–H groups in total. The summed E-state index contributed by atoms with van der Waals surface area (Å²) in [5.41, 5.74) is 0.872. The van der Waals surface area contributed by atoms with Crippen molar-refractivity contribution in [2.45, 2.75) is 13.1 Å². The maximum atomic E-state index is 14.2. The smallest absolute Gasteiger partial charge is 0.270 e. The summed E-state index contributed by atoms with van der Waals surface area (Å²) in [7, 11) is 0. The third kappa shape index (κ3) is 3.89. The molecule has 0 radical (unpaired) electrons. The van der Waals surface area contributed by atoms with E-state index < -0.39 is 17.3 Å². The number of halogens is 1. The largest absolute Gasteiger partial charge is 0.328 e. The third-order valence-electron chi connectivity index (χ3n) is 4.53. The van der Waals surface area contributed by atoms with Crippen molar-refractivity contribution in [2.24, 2.45) is 0 Å². The zero-order chi connectivity index (χ0) is 20.2. The number of aromatic nitrogens is 3. The normalized spacial score (nSPS) is 10.8. The first-order chi connectivity index (χ1) is 14.1. The number of fused-ring (bicyclic) bond motifs is 1. The van der Waals surface area contributed by atoms with Gasteiger partial charge in [0.1, 0.15) is 17.0 Å². The van der Waals surface area contributed by atoms with Gasteiger partial charge in [0.25, 0.3) is 11.5 Å². The lowest BCUT2D eigenvalue weighted by atomic mass is 10.1. The molecule has 6 nitrogen and oxygen atoms in total. The molecule has 3 heterocycles. The molecule has 0 aliphatic rings. The number of rotatable bonds is 5. The highest BCUT2D eigenvalue weighted by molar-refractivity contribution is 5.93. The summed E-state index contributed by atoms with van der Waals surface area (Å²) in [5, 5.41) is 0. The van der Waals surface area contributed by atoms with Gasteiger partial charge in [-0.3, -0.25) is 19.0 Å². The Balaban J connectivity index is 1.74. The van der Waals surface area contributed by atoms with Gasteiger partial charge in [-0.1, -0.05) is 30.3 Å². The van der Waals surface area contributed by atoms with E-state index in [2.05, 4.69) is 9.97 Å². The van der Waals surface area contributed by atoms with Crippen LogP contribution in [0.5, 0.6) is 0 Å². The Labute approximate surface area is 165 Å². The Bertz CT molecular complexity index is 1220. The Morgan fingerprint density at radius 3 is 2.55 bits per heavy atom. The SMILES string of the molecule is O=C(c1cnc2ccccn2c1=O)N(Cc1ccccn1)Cc1ccccc1F. The first-order valence-electron chi connectivity index (χ1n) is 9.02. The van der Waals surface area contributed by atoms with E-state index >= 15 is 0 Å². The molecule has 0 bridgehead atoms. The van der Waals surface area contributed by atoms with Crippen molar-refractivity contribution < 1.29 is 9.18 Å². The van der Waals surface area contributed by atoms with Crippen molar-refractivity contribution >= 4 is 11.6 Å². The van der Waals surface area contributed by atoms with Crippen LogP contribution < -0.4 is 5.56 Å². The molecule has 0 fully saturated rings. The van der Waals surface area contributed by atoms with Gasteiger partial charge in [-0.2, -0.15) is 0 Å². The molecule has 7 heteroatoms. The van der Waals surface area contributed by atoms with Crippen LogP contribution in [0.25, 0.3) is 5.65 Å². The topological polar surface area (TPSA) is 67.6 Å². The number of amides is 1. The van der Waals surface area contributed by atoms with Crippen LogP contribution in [0.15, 0.2) is 84.0 Å². The number of hydrogen-bond donors (Lipinski definition) is 0. The Morgan fingerprint density at radius 1 is 0.966 bits per heavy atom. The second-order valence-electron chi connectivity index (χ2n) is 6.48. The van der Waals surface area contributed by atoms with Gasteiger partial charge in [-0.25, -0.2) is 9.37 Å². The molecule has 0 saturated carbocycles. The molecule has 29 heavy (non-hydrogen) atoms. The number of pyridine rings is 2.